The van der Waals surface area contributed by atoms with Gasteiger partial charge in [0.05, 0.1) is 17.4 Å². The van der Waals surface area contributed by atoms with Crippen molar-refractivity contribution in [2.24, 2.45) is 5.73 Å². The standard InChI is InChI=1S/C24H25N5O3/c25-19-5-1-2-6-20(19)28-23(30)17-7-9-18(10-8-17)29-13-11-22(32-24(26)31)21(29)14-16-4-3-12-27-15-16/h1-10,12,15,21-22H,11,13-14,25H2,(H2,26,31)(H,28,30)/t21?,22-/m0/s1. The second-order valence-corrected chi connectivity index (χ2v) is 7.68. The minimum absolute atomic E-state index is 0.0875. The number of benzene rings is 2. The predicted molar refractivity (Wildman–Crippen MR) is 123 cm³/mol. The number of amides is 2. The number of anilines is 3. The van der Waals surface area contributed by atoms with Crippen LogP contribution >= 0.6 is 0 Å². The molecule has 1 unspecified atom stereocenters. The molecule has 0 spiro atoms. The third-order valence-electron chi connectivity index (χ3n) is 5.59. The highest BCUT2D eigenvalue weighted by atomic mass is 16.6. The zero-order valence-electron chi connectivity index (χ0n) is 17.5. The Morgan fingerprint density at radius 3 is 2.56 bits per heavy atom. The van der Waals surface area contributed by atoms with Crippen molar-refractivity contribution in [1.82, 2.24) is 4.98 Å². The SMILES string of the molecule is NC(=O)O[C@H]1CCN(c2ccc(C(=O)Nc3ccccc3N)cc2)C1Cc1cccnc1. The summed E-state index contributed by atoms with van der Waals surface area (Å²) in [4.78, 5) is 30.4. The molecule has 1 fully saturated rings. The Morgan fingerprint density at radius 2 is 1.88 bits per heavy atom. The molecule has 2 heterocycles. The number of para-hydroxylation sites is 2. The molecule has 3 aromatic rings. The third kappa shape index (κ3) is 4.80. The van der Waals surface area contributed by atoms with Crippen LogP contribution < -0.4 is 21.7 Å². The number of pyridine rings is 1. The van der Waals surface area contributed by atoms with E-state index in [0.717, 1.165) is 11.3 Å². The quantitative estimate of drug-likeness (QED) is 0.515. The van der Waals surface area contributed by atoms with E-state index < -0.39 is 6.09 Å². The average Bonchev–Trinajstić information content (AvgIpc) is 3.17. The van der Waals surface area contributed by atoms with Crippen LogP contribution in [0.2, 0.25) is 0 Å². The number of nitrogens with zero attached hydrogens (tertiary/aromatic N) is 2. The Morgan fingerprint density at radius 1 is 1.09 bits per heavy atom. The van der Waals surface area contributed by atoms with Gasteiger partial charge in [-0.3, -0.25) is 9.78 Å². The molecular formula is C24H25N5O3. The van der Waals surface area contributed by atoms with Gasteiger partial charge in [-0.2, -0.15) is 0 Å². The zero-order valence-corrected chi connectivity index (χ0v) is 17.5. The minimum Gasteiger partial charge on any atom is -0.444 e. The molecule has 1 aliphatic rings. The van der Waals surface area contributed by atoms with Gasteiger partial charge >= 0.3 is 6.09 Å². The maximum Gasteiger partial charge on any atom is 0.404 e. The van der Waals surface area contributed by atoms with E-state index in [0.29, 0.717) is 36.3 Å². The van der Waals surface area contributed by atoms with E-state index in [1.807, 2.05) is 36.4 Å². The number of carbonyl (C=O) groups is 2. The highest BCUT2D eigenvalue weighted by molar-refractivity contribution is 6.05. The number of nitrogen functional groups attached to an aromatic ring is 1. The maximum absolute atomic E-state index is 12.6. The fourth-order valence-corrected chi connectivity index (χ4v) is 4.04. The van der Waals surface area contributed by atoms with Crippen LogP contribution in [0.15, 0.2) is 73.1 Å². The lowest BCUT2D eigenvalue weighted by atomic mass is 10.0. The highest BCUT2D eigenvalue weighted by Crippen LogP contribution is 2.30. The summed E-state index contributed by atoms with van der Waals surface area (Å²) in [5.74, 6) is -0.238. The molecule has 8 nitrogen and oxygen atoms in total. The van der Waals surface area contributed by atoms with Crippen LogP contribution in [0.3, 0.4) is 0 Å². The summed E-state index contributed by atoms with van der Waals surface area (Å²) in [6.45, 7) is 0.703. The molecule has 0 radical (unpaired) electrons. The number of hydrogen-bond acceptors (Lipinski definition) is 6. The Balaban J connectivity index is 1.51. The fourth-order valence-electron chi connectivity index (χ4n) is 4.04. The Bertz CT molecular complexity index is 1090. The zero-order chi connectivity index (χ0) is 22.5. The number of nitrogens with one attached hydrogen (secondary N) is 1. The van der Waals surface area contributed by atoms with Gasteiger partial charge in [0.2, 0.25) is 0 Å². The average molecular weight is 431 g/mol. The molecule has 8 heteroatoms. The van der Waals surface area contributed by atoms with Crippen LogP contribution in [-0.2, 0) is 11.2 Å². The Kier molecular flexibility index (Phi) is 6.21. The monoisotopic (exact) mass is 431 g/mol. The molecule has 2 aromatic carbocycles. The van der Waals surface area contributed by atoms with Crippen molar-refractivity contribution in [3.05, 3.63) is 84.2 Å². The van der Waals surface area contributed by atoms with Gasteiger partial charge in [0.25, 0.3) is 5.91 Å². The molecule has 1 aromatic heterocycles. The van der Waals surface area contributed by atoms with E-state index in [2.05, 4.69) is 15.2 Å². The summed E-state index contributed by atoms with van der Waals surface area (Å²) in [6, 6.07) is 18.2. The lowest BCUT2D eigenvalue weighted by molar-refractivity contribution is 0.100. The van der Waals surface area contributed by atoms with Crippen LogP contribution in [0.4, 0.5) is 21.9 Å². The van der Waals surface area contributed by atoms with Crippen LogP contribution in [-0.4, -0.2) is 35.7 Å². The van der Waals surface area contributed by atoms with Gasteiger partial charge in [0, 0.05) is 36.6 Å². The molecule has 1 saturated heterocycles. The van der Waals surface area contributed by atoms with Crippen molar-refractivity contribution in [3.8, 4) is 0 Å². The van der Waals surface area contributed by atoms with Crippen LogP contribution in [0.5, 0.6) is 0 Å². The predicted octanol–water partition coefficient (Wildman–Crippen LogP) is 3.20. The lowest BCUT2D eigenvalue weighted by Gasteiger charge is -2.29. The van der Waals surface area contributed by atoms with Crippen LogP contribution in [0, 0.1) is 0 Å². The first-order chi connectivity index (χ1) is 15.5. The first-order valence-corrected chi connectivity index (χ1v) is 10.4. The molecule has 4 rings (SSSR count). The summed E-state index contributed by atoms with van der Waals surface area (Å²) in [5, 5.41) is 2.83. The van der Waals surface area contributed by atoms with Crippen molar-refractivity contribution in [2.75, 3.05) is 22.5 Å². The summed E-state index contributed by atoms with van der Waals surface area (Å²) >= 11 is 0. The summed E-state index contributed by atoms with van der Waals surface area (Å²) in [7, 11) is 0. The number of aromatic nitrogens is 1. The first-order valence-electron chi connectivity index (χ1n) is 10.4. The lowest BCUT2D eigenvalue weighted by Crippen LogP contribution is -2.40. The summed E-state index contributed by atoms with van der Waals surface area (Å²) in [6.07, 6.45) is 3.75. The van der Waals surface area contributed by atoms with Crippen LogP contribution in [0.25, 0.3) is 0 Å². The topological polar surface area (TPSA) is 124 Å². The molecule has 164 valence electrons. The first kappa shape index (κ1) is 21.2. The van der Waals surface area contributed by atoms with Crippen molar-refractivity contribution < 1.29 is 14.3 Å². The number of hydrogen-bond donors (Lipinski definition) is 3. The van der Waals surface area contributed by atoms with Crippen molar-refractivity contribution in [1.29, 1.82) is 0 Å². The molecule has 2 atom stereocenters. The Labute approximate surface area is 186 Å². The second-order valence-electron chi connectivity index (χ2n) is 7.68. The van der Waals surface area contributed by atoms with E-state index in [1.54, 1.807) is 36.7 Å². The third-order valence-corrected chi connectivity index (χ3v) is 5.59. The molecule has 0 bridgehead atoms. The molecule has 32 heavy (non-hydrogen) atoms. The number of carbonyl (C=O) groups excluding carboxylic acids is 2. The van der Waals surface area contributed by atoms with Crippen molar-refractivity contribution >= 4 is 29.1 Å². The molecule has 2 amide bonds. The fraction of sp³-hybridized carbons (Fsp3) is 0.208. The molecule has 0 aliphatic carbocycles. The number of nitrogens with two attached hydrogens (primary N) is 2. The van der Waals surface area contributed by atoms with Gasteiger partial charge in [-0.1, -0.05) is 18.2 Å². The number of ether oxygens (including phenoxy) is 1. The summed E-state index contributed by atoms with van der Waals surface area (Å²) in [5.41, 5.74) is 14.8. The Hall–Kier alpha value is -4.07. The van der Waals surface area contributed by atoms with E-state index in [9.17, 15) is 9.59 Å². The minimum atomic E-state index is -0.778. The summed E-state index contributed by atoms with van der Waals surface area (Å²) < 4.78 is 5.39. The maximum atomic E-state index is 12.6. The number of primary amides is 1. The van der Waals surface area contributed by atoms with E-state index in [-0.39, 0.29) is 18.1 Å². The number of rotatable bonds is 6. The van der Waals surface area contributed by atoms with Gasteiger partial charge in [-0.05, 0) is 54.4 Å². The van der Waals surface area contributed by atoms with Gasteiger partial charge in [0.1, 0.15) is 6.10 Å². The molecular weight excluding hydrogens is 406 g/mol. The largest absolute Gasteiger partial charge is 0.444 e. The molecule has 1 aliphatic heterocycles. The molecule has 0 saturated carbocycles. The van der Waals surface area contributed by atoms with Crippen LogP contribution in [0.1, 0.15) is 22.3 Å². The normalized spacial score (nSPS) is 17.7. The highest BCUT2D eigenvalue weighted by Gasteiger charge is 2.36. The van der Waals surface area contributed by atoms with Gasteiger partial charge in [0.15, 0.2) is 0 Å². The van der Waals surface area contributed by atoms with E-state index >= 15 is 0 Å². The van der Waals surface area contributed by atoms with Gasteiger partial charge in [-0.25, -0.2) is 4.79 Å². The second kappa shape index (κ2) is 9.38. The van der Waals surface area contributed by atoms with E-state index in [4.69, 9.17) is 16.2 Å². The van der Waals surface area contributed by atoms with E-state index in [1.165, 1.54) is 0 Å². The van der Waals surface area contributed by atoms with Gasteiger partial charge in [-0.15, -0.1) is 0 Å². The molecule has 5 N–H and O–H groups in total. The van der Waals surface area contributed by atoms with Crippen molar-refractivity contribution in [2.45, 2.75) is 25.0 Å². The van der Waals surface area contributed by atoms with Gasteiger partial charge < -0.3 is 26.4 Å². The smallest absolute Gasteiger partial charge is 0.404 e. The van der Waals surface area contributed by atoms with Crippen molar-refractivity contribution in [3.63, 3.8) is 0 Å².